The zero-order chi connectivity index (χ0) is 10.9. The number of hydrogen-bond acceptors (Lipinski definition) is 2. The van der Waals surface area contributed by atoms with Crippen LogP contribution in [-0.2, 0) is 0 Å². The smallest absolute Gasteiger partial charge is 0.388 e. The molecule has 2 nitrogen and oxygen atoms in total. The van der Waals surface area contributed by atoms with Gasteiger partial charge in [0, 0.05) is 11.8 Å². The highest BCUT2D eigenvalue weighted by Crippen LogP contribution is 2.40. The summed E-state index contributed by atoms with van der Waals surface area (Å²) in [6, 6.07) is 3.29. The summed E-state index contributed by atoms with van der Waals surface area (Å²) in [7, 11) is 0. The van der Waals surface area contributed by atoms with Crippen molar-refractivity contribution in [3.63, 3.8) is 0 Å². The van der Waals surface area contributed by atoms with Crippen molar-refractivity contribution in [2.75, 3.05) is 0 Å². The zero-order valence-corrected chi connectivity index (χ0v) is 7.92. The van der Waals surface area contributed by atoms with Crippen LogP contribution in [0.4, 0.5) is 13.2 Å². The monoisotopic (exact) mass is 217 g/mol. The van der Waals surface area contributed by atoms with E-state index >= 15 is 0 Å². The average Bonchev–Trinajstić information content (AvgIpc) is 2.02. The van der Waals surface area contributed by atoms with Gasteiger partial charge in [-0.2, -0.15) is 0 Å². The third-order valence-electron chi connectivity index (χ3n) is 2.56. The lowest BCUT2D eigenvalue weighted by atomic mass is 9.80. The number of rotatable bonds is 2. The van der Waals surface area contributed by atoms with Gasteiger partial charge in [0.25, 0.3) is 0 Å². The third kappa shape index (κ3) is 2.40. The van der Waals surface area contributed by atoms with Crippen LogP contribution in [-0.4, -0.2) is 11.3 Å². The Labute approximate surface area is 85.1 Å². The van der Waals surface area contributed by atoms with Crippen molar-refractivity contribution in [1.82, 2.24) is 4.98 Å². The standard InChI is InChI=1S/C10H10F3NO/c11-10(12,13)15-9-8(5-2-6-14-9)7-3-1-4-7/h2,5-7H,1,3-4H2. The van der Waals surface area contributed by atoms with Crippen LogP contribution in [0.1, 0.15) is 30.7 Å². The van der Waals surface area contributed by atoms with E-state index in [9.17, 15) is 13.2 Å². The Bertz CT molecular complexity index is 347. The first kappa shape index (κ1) is 10.3. The lowest BCUT2D eigenvalue weighted by Crippen LogP contribution is -2.20. The van der Waals surface area contributed by atoms with Crippen LogP contribution in [0.2, 0.25) is 0 Å². The number of hydrogen-bond donors (Lipinski definition) is 0. The van der Waals surface area contributed by atoms with E-state index in [1.54, 1.807) is 12.1 Å². The second kappa shape index (κ2) is 3.72. The quantitative estimate of drug-likeness (QED) is 0.758. The molecule has 0 unspecified atom stereocenters. The molecule has 0 radical (unpaired) electrons. The van der Waals surface area contributed by atoms with Crippen LogP contribution >= 0.6 is 0 Å². The van der Waals surface area contributed by atoms with Gasteiger partial charge in [0.15, 0.2) is 0 Å². The fourth-order valence-electron chi connectivity index (χ4n) is 1.63. The van der Waals surface area contributed by atoms with Crippen LogP contribution in [0.5, 0.6) is 5.88 Å². The van der Waals surface area contributed by atoms with E-state index < -0.39 is 6.36 Å². The Morgan fingerprint density at radius 3 is 2.60 bits per heavy atom. The summed E-state index contributed by atoms with van der Waals surface area (Å²) in [6.45, 7) is 0. The van der Waals surface area contributed by atoms with Gasteiger partial charge in [-0.05, 0) is 24.8 Å². The van der Waals surface area contributed by atoms with Crippen LogP contribution in [0, 0.1) is 0 Å². The highest BCUT2D eigenvalue weighted by Gasteiger charge is 2.34. The van der Waals surface area contributed by atoms with Crippen LogP contribution < -0.4 is 4.74 Å². The minimum absolute atomic E-state index is 0.177. The number of ether oxygens (including phenoxy) is 1. The van der Waals surface area contributed by atoms with Crippen molar-refractivity contribution in [1.29, 1.82) is 0 Å². The number of alkyl halides is 3. The van der Waals surface area contributed by atoms with Gasteiger partial charge >= 0.3 is 6.36 Å². The van der Waals surface area contributed by atoms with Gasteiger partial charge in [-0.1, -0.05) is 12.5 Å². The molecule has 1 heterocycles. The van der Waals surface area contributed by atoms with Crippen LogP contribution in [0.3, 0.4) is 0 Å². The lowest BCUT2D eigenvalue weighted by Gasteiger charge is -2.26. The van der Waals surface area contributed by atoms with Crippen LogP contribution in [0.25, 0.3) is 0 Å². The lowest BCUT2D eigenvalue weighted by molar-refractivity contribution is -0.276. The maximum atomic E-state index is 12.0. The Hall–Kier alpha value is -1.26. The molecular weight excluding hydrogens is 207 g/mol. The third-order valence-corrected chi connectivity index (χ3v) is 2.56. The maximum Gasteiger partial charge on any atom is 0.574 e. The van der Waals surface area contributed by atoms with E-state index in [4.69, 9.17) is 0 Å². The van der Waals surface area contributed by atoms with Gasteiger partial charge < -0.3 is 4.74 Å². The van der Waals surface area contributed by atoms with Gasteiger partial charge in [0.2, 0.25) is 5.88 Å². The van der Waals surface area contributed by atoms with Gasteiger partial charge in [0.1, 0.15) is 0 Å². The number of pyridine rings is 1. The Balaban J connectivity index is 2.21. The number of halogens is 3. The molecule has 0 spiro atoms. The van der Waals surface area contributed by atoms with Gasteiger partial charge in [-0.25, -0.2) is 4.98 Å². The largest absolute Gasteiger partial charge is 0.574 e. The van der Waals surface area contributed by atoms with Crippen LogP contribution in [0.15, 0.2) is 18.3 Å². The van der Waals surface area contributed by atoms with Crippen molar-refractivity contribution < 1.29 is 17.9 Å². The van der Waals surface area contributed by atoms with E-state index in [2.05, 4.69) is 9.72 Å². The number of aromatic nitrogens is 1. The molecule has 1 aromatic rings. The summed E-state index contributed by atoms with van der Waals surface area (Å²) < 4.78 is 40.0. The molecule has 0 aromatic carbocycles. The molecule has 5 heteroatoms. The average molecular weight is 217 g/mol. The van der Waals surface area contributed by atoms with E-state index in [1.165, 1.54) is 6.20 Å². The SMILES string of the molecule is FC(F)(F)Oc1ncccc1C1CCC1. The topological polar surface area (TPSA) is 22.1 Å². The summed E-state index contributed by atoms with van der Waals surface area (Å²) in [5.41, 5.74) is 0.570. The molecule has 1 aliphatic carbocycles. The second-order valence-corrected chi connectivity index (χ2v) is 3.57. The van der Waals surface area contributed by atoms with E-state index in [0.29, 0.717) is 5.56 Å². The minimum Gasteiger partial charge on any atom is -0.388 e. The van der Waals surface area contributed by atoms with Crippen molar-refractivity contribution in [3.05, 3.63) is 23.9 Å². The Morgan fingerprint density at radius 1 is 1.33 bits per heavy atom. The zero-order valence-electron chi connectivity index (χ0n) is 7.92. The van der Waals surface area contributed by atoms with Crippen molar-refractivity contribution in [3.8, 4) is 5.88 Å². The first-order valence-corrected chi connectivity index (χ1v) is 4.77. The molecule has 1 aliphatic rings. The molecule has 82 valence electrons. The summed E-state index contributed by atoms with van der Waals surface area (Å²) >= 11 is 0. The second-order valence-electron chi connectivity index (χ2n) is 3.57. The molecule has 15 heavy (non-hydrogen) atoms. The Kier molecular flexibility index (Phi) is 2.54. The fraction of sp³-hybridized carbons (Fsp3) is 0.500. The molecule has 2 rings (SSSR count). The molecule has 1 fully saturated rings. The van der Waals surface area contributed by atoms with Gasteiger partial charge in [-0.3, -0.25) is 0 Å². The van der Waals surface area contributed by atoms with E-state index in [-0.39, 0.29) is 11.8 Å². The first-order valence-electron chi connectivity index (χ1n) is 4.77. The molecule has 0 saturated heterocycles. The highest BCUT2D eigenvalue weighted by atomic mass is 19.4. The fourth-order valence-corrected chi connectivity index (χ4v) is 1.63. The summed E-state index contributed by atoms with van der Waals surface area (Å²) in [4.78, 5) is 3.62. The molecule has 0 aliphatic heterocycles. The molecule has 0 N–H and O–H groups in total. The van der Waals surface area contributed by atoms with Crippen molar-refractivity contribution in [2.45, 2.75) is 31.5 Å². The van der Waals surface area contributed by atoms with Crippen molar-refractivity contribution >= 4 is 0 Å². The predicted molar refractivity (Wildman–Crippen MR) is 47.5 cm³/mol. The molecule has 0 bridgehead atoms. The minimum atomic E-state index is -4.66. The maximum absolute atomic E-state index is 12.0. The van der Waals surface area contributed by atoms with E-state index in [1.807, 2.05) is 0 Å². The molecule has 1 aromatic heterocycles. The Morgan fingerprint density at radius 2 is 2.07 bits per heavy atom. The molecule has 0 atom stereocenters. The predicted octanol–water partition coefficient (Wildman–Crippen LogP) is 3.25. The van der Waals surface area contributed by atoms with Gasteiger partial charge in [0.05, 0.1) is 0 Å². The summed E-state index contributed by atoms with van der Waals surface area (Å²) in [5, 5.41) is 0. The molecule has 0 amide bonds. The summed E-state index contributed by atoms with van der Waals surface area (Å²) in [6.07, 6.45) is -0.457. The van der Waals surface area contributed by atoms with Gasteiger partial charge in [-0.15, -0.1) is 13.2 Å². The van der Waals surface area contributed by atoms with Crippen molar-refractivity contribution in [2.24, 2.45) is 0 Å². The molecule has 1 saturated carbocycles. The normalized spacial score (nSPS) is 17.3. The number of nitrogens with zero attached hydrogens (tertiary/aromatic N) is 1. The summed E-state index contributed by atoms with van der Waals surface area (Å²) in [5.74, 6) is -0.120. The highest BCUT2D eigenvalue weighted by molar-refractivity contribution is 5.30. The first-order chi connectivity index (χ1) is 7.06. The molecular formula is C10H10F3NO. The van der Waals surface area contributed by atoms with E-state index in [0.717, 1.165) is 19.3 Å².